The zero-order valence-electron chi connectivity index (χ0n) is 13.0. The molecule has 5 nitrogen and oxygen atoms in total. The van der Waals surface area contributed by atoms with Gasteiger partial charge in [-0.15, -0.1) is 0 Å². The van der Waals surface area contributed by atoms with Crippen LogP contribution in [0.5, 0.6) is 0 Å². The number of rotatable bonds is 5. The Hall–Kier alpha value is -2.14. The molecule has 3 N–H and O–H groups in total. The van der Waals surface area contributed by atoms with E-state index in [9.17, 15) is 0 Å². The van der Waals surface area contributed by atoms with Crippen molar-refractivity contribution in [1.82, 2.24) is 14.7 Å². The third-order valence-electron chi connectivity index (χ3n) is 4.24. The molecule has 0 amide bonds. The van der Waals surface area contributed by atoms with Crippen molar-refractivity contribution in [2.24, 2.45) is 0 Å². The number of nitrogens with zero attached hydrogens (tertiary/aromatic N) is 3. The van der Waals surface area contributed by atoms with Gasteiger partial charge in [-0.05, 0) is 44.0 Å². The summed E-state index contributed by atoms with van der Waals surface area (Å²) in [5, 5.41) is 11.9. The lowest BCUT2D eigenvalue weighted by molar-refractivity contribution is 0.331. The second-order valence-corrected chi connectivity index (χ2v) is 6.03. The number of anilines is 1. The Morgan fingerprint density at radius 1 is 1.14 bits per heavy atom. The summed E-state index contributed by atoms with van der Waals surface area (Å²) >= 11 is 0. The highest BCUT2D eigenvalue weighted by Gasteiger charge is 2.12. The van der Waals surface area contributed by atoms with Crippen molar-refractivity contribution >= 4 is 11.5 Å². The van der Waals surface area contributed by atoms with Crippen molar-refractivity contribution in [2.75, 3.05) is 18.8 Å². The molecule has 0 unspecified atom stereocenters. The molecule has 2 heterocycles. The number of nitrogens with two attached hydrogens (primary N) is 1. The number of nitrogen functional groups attached to an aromatic ring is 1. The van der Waals surface area contributed by atoms with Crippen molar-refractivity contribution < 1.29 is 0 Å². The van der Waals surface area contributed by atoms with Crippen LogP contribution in [-0.2, 0) is 13.1 Å². The van der Waals surface area contributed by atoms with Crippen LogP contribution < -0.4 is 5.73 Å². The highest BCUT2D eigenvalue weighted by atomic mass is 15.3. The molecule has 0 spiro atoms. The molecule has 1 aromatic carbocycles. The standard InChI is InChI=1S/C17H23N5/c1-13(18)16-10-20-22(17(16)19)12-15-6-4-14(5-7-15)11-21-8-2-3-9-21/h4-7,10,18H,2-3,8-9,11-12,19H2,1H3. The Labute approximate surface area is 131 Å². The van der Waals surface area contributed by atoms with Crippen molar-refractivity contribution in [1.29, 1.82) is 5.41 Å². The van der Waals surface area contributed by atoms with E-state index in [0.717, 1.165) is 6.54 Å². The van der Waals surface area contributed by atoms with E-state index < -0.39 is 0 Å². The molecule has 0 saturated carbocycles. The second kappa shape index (κ2) is 6.32. The summed E-state index contributed by atoms with van der Waals surface area (Å²) in [5.41, 5.74) is 9.74. The third kappa shape index (κ3) is 3.20. The van der Waals surface area contributed by atoms with E-state index in [-0.39, 0.29) is 0 Å². The van der Waals surface area contributed by atoms with E-state index in [2.05, 4.69) is 34.3 Å². The van der Waals surface area contributed by atoms with Crippen LogP contribution >= 0.6 is 0 Å². The number of benzene rings is 1. The van der Waals surface area contributed by atoms with Gasteiger partial charge in [-0.25, -0.2) is 4.68 Å². The average molecular weight is 297 g/mol. The molecule has 1 aromatic heterocycles. The molecule has 0 atom stereocenters. The van der Waals surface area contributed by atoms with Gasteiger partial charge < -0.3 is 11.1 Å². The first kappa shape index (κ1) is 14.8. The summed E-state index contributed by atoms with van der Waals surface area (Å²) in [5.74, 6) is 0.564. The van der Waals surface area contributed by atoms with E-state index >= 15 is 0 Å². The van der Waals surface area contributed by atoms with Gasteiger partial charge in [0.05, 0.1) is 18.3 Å². The van der Waals surface area contributed by atoms with Crippen molar-refractivity contribution in [3.05, 3.63) is 47.2 Å². The molecule has 2 aromatic rings. The Kier molecular flexibility index (Phi) is 4.24. The van der Waals surface area contributed by atoms with Gasteiger partial charge in [0.1, 0.15) is 5.82 Å². The highest BCUT2D eigenvalue weighted by Crippen LogP contribution is 2.16. The number of hydrogen-bond acceptors (Lipinski definition) is 4. The largest absolute Gasteiger partial charge is 0.383 e. The molecule has 3 rings (SSSR count). The van der Waals surface area contributed by atoms with Gasteiger partial charge in [-0.3, -0.25) is 4.90 Å². The minimum Gasteiger partial charge on any atom is -0.383 e. The lowest BCUT2D eigenvalue weighted by Gasteiger charge is -2.14. The summed E-state index contributed by atoms with van der Waals surface area (Å²) in [4.78, 5) is 2.50. The van der Waals surface area contributed by atoms with E-state index in [4.69, 9.17) is 11.1 Å². The topological polar surface area (TPSA) is 70.9 Å². The van der Waals surface area contributed by atoms with Crippen LogP contribution in [0.15, 0.2) is 30.5 Å². The monoisotopic (exact) mass is 297 g/mol. The van der Waals surface area contributed by atoms with Crippen molar-refractivity contribution in [2.45, 2.75) is 32.9 Å². The first-order chi connectivity index (χ1) is 10.6. The number of hydrogen-bond donors (Lipinski definition) is 2. The minimum absolute atomic E-state index is 0.449. The summed E-state index contributed by atoms with van der Waals surface area (Å²) in [6.45, 7) is 5.85. The van der Waals surface area contributed by atoms with Crippen LogP contribution in [0.4, 0.5) is 5.82 Å². The molecular weight excluding hydrogens is 274 g/mol. The first-order valence-electron chi connectivity index (χ1n) is 7.80. The minimum atomic E-state index is 0.449. The fourth-order valence-electron chi connectivity index (χ4n) is 2.93. The van der Waals surface area contributed by atoms with Gasteiger partial charge in [0.25, 0.3) is 0 Å². The average Bonchev–Trinajstić information content (AvgIpc) is 3.12. The lowest BCUT2D eigenvalue weighted by atomic mass is 10.1. The second-order valence-electron chi connectivity index (χ2n) is 6.03. The number of nitrogens with one attached hydrogen (secondary N) is 1. The van der Waals surface area contributed by atoms with Crippen LogP contribution in [-0.4, -0.2) is 33.5 Å². The van der Waals surface area contributed by atoms with Crippen LogP contribution in [0.2, 0.25) is 0 Å². The van der Waals surface area contributed by atoms with Gasteiger partial charge in [-0.2, -0.15) is 5.10 Å². The van der Waals surface area contributed by atoms with Crippen LogP contribution in [0.3, 0.4) is 0 Å². The van der Waals surface area contributed by atoms with Gasteiger partial charge in [-0.1, -0.05) is 24.3 Å². The predicted molar refractivity (Wildman–Crippen MR) is 89.2 cm³/mol. The zero-order valence-corrected chi connectivity index (χ0v) is 13.0. The fraction of sp³-hybridized carbons (Fsp3) is 0.412. The van der Waals surface area contributed by atoms with Crippen molar-refractivity contribution in [3.8, 4) is 0 Å². The number of aromatic nitrogens is 2. The van der Waals surface area contributed by atoms with Gasteiger partial charge >= 0.3 is 0 Å². The summed E-state index contributed by atoms with van der Waals surface area (Å²) in [7, 11) is 0. The zero-order chi connectivity index (χ0) is 15.5. The third-order valence-corrected chi connectivity index (χ3v) is 4.24. The molecule has 1 aliphatic heterocycles. The summed E-state index contributed by atoms with van der Waals surface area (Å²) in [6, 6.07) is 8.67. The molecular formula is C17H23N5. The molecule has 0 bridgehead atoms. The molecule has 0 radical (unpaired) electrons. The normalized spacial score (nSPS) is 15.3. The molecule has 116 valence electrons. The summed E-state index contributed by atoms with van der Waals surface area (Å²) in [6.07, 6.45) is 4.32. The van der Waals surface area contributed by atoms with Crippen LogP contribution in [0.1, 0.15) is 36.5 Å². The van der Waals surface area contributed by atoms with Crippen molar-refractivity contribution in [3.63, 3.8) is 0 Å². The maximum atomic E-state index is 7.67. The maximum absolute atomic E-state index is 7.67. The van der Waals surface area contributed by atoms with Crippen LogP contribution in [0, 0.1) is 5.41 Å². The fourth-order valence-corrected chi connectivity index (χ4v) is 2.93. The molecule has 22 heavy (non-hydrogen) atoms. The highest BCUT2D eigenvalue weighted by molar-refractivity contribution is 6.00. The van der Waals surface area contributed by atoms with Gasteiger partial charge in [0, 0.05) is 12.3 Å². The smallest absolute Gasteiger partial charge is 0.131 e. The van der Waals surface area contributed by atoms with E-state index in [1.165, 1.54) is 37.1 Å². The molecule has 5 heteroatoms. The molecule has 1 saturated heterocycles. The van der Waals surface area contributed by atoms with E-state index in [0.29, 0.717) is 23.6 Å². The van der Waals surface area contributed by atoms with Crippen LogP contribution in [0.25, 0.3) is 0 Å². The number of likely N-dealkylation sites (tertiary alicyclic amines) is 1. The van der Waals surface area contributed by atoms with E-state index in [1.807, 2.05) is 0 Å². The Balaban J connectivity index is 1.66. The summed E-state index contributed by atoms with van der Waals surface area (Å²) < 4.78 is 1.75. The predicted octanol–water partition coefficient (Wildman–Crippen LogP) is 2.50. The molecule has 1 fully saturated rings. The maximum Gasteiger partial charge on any atom is 0.131 e. The Morgan fingerprint density at radius 2 is 1.73 bits per heavy atom. The van der Waals surface area contributed by atoms with E-state index in [1.54, 1.807) is 17.8 Å². The van der Waals surface area contributed by atoms with Gasteiger partial charge in [0.15, 0.2) is 0 Å². The Morgan fingerprint density at radius 3 is 2.27 bits per heavy atom. The molecule has 0 aliphatic carbocycles. The molecule has 1 aliphatic rings. The quantitative estimate of drug-likeness (QED) is 0.833. The Bertz CT molecular complexity index is 650. The first-order valence-corrected chi connectivity index (χ1v) is 7.80. The SMILES string of the molecule is CC(=N)c1cnn(Cc2ccc(CN3CCCC3)cc2)c1N. The lowest BCUT2D eigenvalue weighted by Crippen LogP contribution is -2.18. The van der Waals surface area contributed by atoms with Gasteiger partial charge in [0.2, 0.25) is 0 Å².